The largest absolute Gasteiger partial charge is 0.397 e. The van der Waals surface area contributed by atoms with Gasteiger partial charge in [-0.25, -0.2) is 0 Å². The van der Waals surface area contributed by atoms with E-state index in [-0.39, 0.29) is 18.0 Å². The number of nitrogens with two attached hydrogens (primary N) is 2. The van der Waals surface area contributed by atoms with Gasteiger partial charge in [0, 0.05) is 23.2 Å². The van der Waals surface area contributed by atoms with Gasteiger partial charge in [-0.05, 0) is 40.6 Å². The molecule has 0 saturated heterocycles. The lowest BCUT2D eigenvalue weighted by molar-refractivity contribution is -0.114. The first-order chi connectivity index (χ1) is 12.9. The molecule has 0 unspecified atom stereocenters. The van der Waals surface area contributed by atoms with E-state index < -0.39 is 5.91 Å². The second-order valence-electron chi connectivity index (χ2n) is 6.63. The van der Waals surface area contributed by atoms with Crippen LogP contribution in [0.4, 0.5) is 5.69 Å². The van der Waals surface area contributed by atoms with Crippen LogP contribution in [0.5, 0.6) is 0 Å². The summed E-state index contributed by atoms with van der Waals surface area (Å²) in [6.45, 7) is 4.19. The number of benzene rings is 2. The number of hydrogen-bond donors (Lipinski definition) is 2. The van der Waals surface area contributed by atoms with Crippen molar-refractivity contribution >= 4 is 28.3 Å². The summed E-state index contributed by atoms with van der Waals surface area (Å²) in [4.78, 5) is 29.9. The van der Waals surface area contributed by atoms with Crippen LogP contribution in [-0.4, -0.2) is 28.2 Å². The molecule has 3 aromatic rings. The molecular formula is C21H18N4O2. The molecule has 1 aliphatic rings. The minimum absolute atomic E-state index is 0.120. The first-order valence-electron chi connectivity index (χ1n) is 8.48. The first-order valence-corrected chi connectivity index (χ1v) is 8.48. The van der Waals surface area contributed by atoms with E-state index in [1.165, 1.54) is 0 Å². The van der Waals surface area contributed by atoms with Crippen LogP contribution in [-0.2, 0) is 11.3 Å². The Bertz CT molecular complexity index is 1100. The molecule has 1 aliphatic heterocycles. The van der Waals surface area contributed by atoms with E-state index in [1.54, 1.807) is 11.1 Å². The standard InChI is InChI=1S/C21H18N4O2/c1-12(20(23)26)10-25-11-18-16(21(25)27)6-4-13-2-3-14(8-17(13)18)19-7-5-15(22)9-24-19/h2-9H,1,10-11,22H2,(H2,23,26). The third kappa shape index (κ3) is 2.91. The Labute approximate surface area is 156 Å². The maximum Gasteiger partial charge on any atom is 0.254 e. The molecule has 2 aromatic carbocycles. The smallest absolute Gasteiger partial charge is 0.254 e. The van der Waals surface area contributed by atoms with Crippen molar-refractivity contribution in [1.29, 1.82) is 0 Å². The van der Waals surface area contributed by atoms with Crippen LogP contribution in [0.1, 0.15) is 15.9 Å². The fourth-order valence-electron chi connectivity index (χ4n) is 3.36. The van der Waals surface area contributed by atoms with Crippen LogP contribution < -0.4 is 11.5 Å². The van der Waals surface area contributed by atoms with Crippen molar-refractivity contribution in [3.8, 4) is 11.3 Å². The molecule has 0 radical (unpaired) electrons. The second kappa shape index (κ2) is 6.25. The maximum atomic E-state index is 12.7. The van der Waals surface area contributed by atoms with Gasteiger partial charge >= 0.3 is 0 Å². The quantitative estimate of drug-likeness (QED) is 0.699. The predicted molar refractivity (Wildman–Crippen MR) is 105 cm³/mol. The average molecular weight is 358 g/mol. The van der Waals surface area contributed by atoms with E-state index in [0.29, 0.717) is 17.8 Å². The second-order valence-corrected chi connectivity index (χ2v) is 6.63. The summed E-state index contributed by atoms with van der Waals surface area (Å²) in [5.74, 6) is -0.717. The van der Waals surface area contributed by atoms with Gasteiger partial charge in [-0.15, -0.1) is 0 Å². The number of hydrogen-bond acceptors (Lipinski definition) is 4. The molecule has 6 heteroatoms. The monoisotopic (exact) mass is 358 g/mol. The number of carbonyl (C=O) groups excluding carboxylic acids is 2. The van der Waals surface area contributed by atoms with Crippen molar-refractivity contribution in [2.45, 2.75) is 6.54 Å². The van der Waals surface area contributed by atoms with Crippen molar-refractivity contribution in [1.82, 2.24) is 9.88 Å². The Kier molecular flexibility index (Phi) is 3.88. The van der Waals surface area contributed by atoms with E-state index >= 15 is 0 Å². The van der Waals surface area contributed by atoms with Gasteiger partial charge in [0.2, 0.25) is 5.91 Å². The van der Waals surface area contributed by atoms with Gasteiger partial charge in [0.25, 0.3) is 5.91 Å². The highest BCUT2D eigenvalue weighted by Crippen LogP contribution is 2.33. The number of nitrogen functional groups attached to an aromatic ring is 1. The zero-order valence-corrected chi connectivity index (χ0v) is 14.6. The topological polar surface area (TPSA) is 102 Å². The number of aromatic nitrogens is 1. The summed E-state index contributed by atoms with van der Waals surface area (Å²) in [7, 11) is 0. The third-order valence-corrected chi connectivity index (χ3v) is 4.81. The molecule has 1 aromatic heterocycles. The van der Waals surface area contributed by atoms with Crippen LogP contribution in [0.25, 0.3) is 22.0 Å². The van der Waals surface area contributed by atoms with Gasteiger partial charge in [0.1, 0.15) is 0 Å². The van der Waals surface area contributed by atoms with Crippen molar-refractivity contribution in [2.75, 3.05) is 12.3 Å². The lowest BCUT2D eigenvalue weighted by Crippen LogP contribution is -2.30. The average Bonchev–Trinajstić information content (AvgIpc) is 2.98. The van der Waals surface area contributed by atoms with Crippen molar-refractivity contribution in [3.63, 3.8) is 0 Å². The number of pyridine rings is 1. The third-order valence-electron chi connectivity index (χ3n) is 4.81. The van der Waals surface area contributed by atoms with Gasteiger partial charge in [0.05, 0.1) is 24.1 Å². The van der Waals surface area contributed by atoms with Crippen LogP contribution >= 0.6 is 0 Å². The lowest BCUT2D eigenvalue weighted by Gasteiger charge is -2.15. The van der Waals surface area contributed by atoms with Crippen molar-refractivity contribution in [3.05, 3.63) is 71.9 Å². The van der Waals surface area contributed by atoms with Gasteiger partial charge in [-0.1, -0.05) is 24.8 Å². The summed E-state index contributed by atoms with van der Waals surface area (Å²) < 4.78 is 0. The van der Waals surface area contributed by atoms with E-state index in [1.807, 2.05) is 42.5 Å². The van der Waals surface area contributed by atoms with E-state index in [2.05, 4.69) is 11.6 Å². The number of nitrogens with zero attached hydrogens (tertiary/aromatic N) is 2. The lowest BCUT2D eigenvalue weighted by atomic mass is 9.98. The zero-order chi connectivity index (χ0) is 19.1. The highest BCUT2D eigenvalue weighted by molar-refractivity contribution is 6.05. The Balaban J connectivity index is 1.76. The zero-order valence-electron chi connectivity index (χ0n) is 14.6. The Morgan fingerprint density at radius 3 is 2.67 bits per heavy atom. The number of amides is 2. The van der Waals surface area contributed by atoms with E-state index in [4.69, 9.17) is 11.5 Å². The SMILES string of the molecule is C=C(CN1Cc2c(ccc3ccc(-c4ccc(N)cn4)cc23)C1=O)C(N)=O. The Morgan fingerprint density at radius 2 is 1.96 bits per heavy atom. The molecule has 4 N–H and O–H groups in total. The first kappa shape index (κ1) is 16.8. The Morgan fingerprint density at radius 1 is 1.19 bits per heavy atom. The summed E-state index contributed by atoms with van der Waals surface area (Å²) in [5, 5.41) is 2.03. The molecule has 27 heavy (non-hydrogen) atoms. The van der Waals surface area contributed by atoms with Crippen LogP contribution in [0.2, 0.25) is 0 Å². The van der Waals surface area contributed by atoms with Gasteiger partial charge in [-0.3, -0.25) is 14.6 Å². The molecule has 0 spiro atoms. The Hall–Kier alpha value is -3.67. The molecule has 0 aliphatic carbocycles. The summed E-state index contributed by atoms with van der Waals surface area (Å²) in [5.41, 5.74) is 15.1. The molecule has 2 amide bonds. The maximum absolute atomic E-state index is 12.7. The number of anilines is 1. The van der Waals surface area contributed by atoms with E-state index in [0.717, 1.165) is 27.6 Å². The molecule has 0 fully saturated rings. The molecule has 4 rings (SSSR count). The fourth-order valence-corrected chi connectivity index (χ4v) is 3.36. The summed E-state index contributed by atoms with van der Waals surface area (Å²) in [6.07, 6.45) is 1.62. The predicted octanol–water partition coefficient (Wildman–Crippen LogP) is 2.48. The summed E-state index contributed by atoms with van der Waals surface area (Å²) >= 11 is 0. The van der Waals surface area contributed by atoms with Crippen molar-refractivity contribution in [2.24, 2.45) is 5.73 Å². The summed E-state index contributed by atoms with van der Waals surface area (Å²) in [6, 6.07) is 13.5. The van der Waals surface area contributed by atoms with E-state index in [9.17, 15) is 9.59 Å². The number of rotatable bonds is 4. The van der Waals surface area contributed by atoms with Crippen LogP contribution in [0.15, 0.2) is 60.8 Å². The van der Waals surface area contributed by atoms with Crippen LogP contribution in [0.3, 0.4) is 0 Å². The molecular weight excluding hydrogens is 340 g/mol. The van der Waals surface area contributed by atoms with Crippen LogP contribution in [0, 0.1) is 0 Å². The highest BCUT2D eigenvalue weighted by atomic mass is 16.2. The molecule has 0 atom stereocenters. The van der Waals surface area contributed by atoms with Gasteiger partial charge < -0.3 is 16.4 Å². The normalized spacial score (nSPS) is 13.0. The molecule has 6 nitrogen and oxygen atoms in total. The van der Waals surface area contributed by atoms with Gasteiger partial charge in [-0.2, -0.15) is 0 Å². The van der Waals surface area contributed by atoms with Crippen molar-refractivity contribution < 1.29 is 9.59 Å². The molecule has 134 valence electrons. The van der Waals surface area contributed by atoms with Gasteiger partial charge in [0.15, 0.2) is 0 Å². The highest BCUT2D eigenvalue weighted by Gasteiger charge is 2.29. The molecule has 0 saturated carbocycles. The molecule has 2 heterocycles. The number of primary amides is 1. The number of carbonyl (C=O) groups is 2. The minimum Gasteiger partial charge on any atom is -0.397 e. The fraction of sp³-hybridized carbons (Fsp3) is 0.0952. The molecule has 0 bridgehead atoms. The minimum atomic E-state index is -0.597. The number of fused-ring (bicyclic) bond motifs is 3.